The van der Waals surface area contributed by atoms with Crippen molar-refractivity contribution in [1.82, 2.24) is 25.1 Å². The number of benzene rings is 1. The van der Waals surface area contributed by atoms with Gasteiger partial charge in [0.1, 0.15) is 5.69 Å². The highest BCUT2D eigenvalue weighted by Gasteiger charge is 2.15. The summed E-state index contributed by atoms with van der Waals surface area (Å²) >= 11 is 1.78. The van der Waals surface area contributed by atoms with Crippen molar-refractivity contribution in [3.05, 3.63) is 77.7 Å². The van der Waals surface area contributed by atoms with Crippen molar-refractivity contribution in [3.63, 3.8) is 0 Å². The second-order valence-electron chi connectivity index (χ2n) is 7.76. The Morgan fingerprint density at radius 1 is 0.806 bits per heavy atom. The lowest BCUT2D eigenvalue weighted by molar-refractivity contribution is 1.12. The van der Waals surface area contributed by atoms with E-state index in [4.69, 9.17) is 0 Å². The molecule has 0 bridgehead atoms. The van der Waals surface area contributed by atoms with E-state index in [0.717, 1.165) is 49.9 Å². The van der Waals surface area contributed by atoms with Gasteiger partial charge >= 0.3 is 0 Å². The molecule has 6 aromatic rings. The first kappa shape index (κ1) is 18.0. The summed E-state index contributed by atoms with van der Waals surface area (Å²) in [5.41, 5.74) is 8.50. The number of H-pyrrole nitrogens is 2. The molecule has 150 valence electrons. The van der Waals surface area contributed by atoms with Crippen LogP contribution in [0.5, 0.6) is 0 Å². The molecule has 0 radical (unpaired) electrons. The van der Waals surface area contributed by atoms with Gasteiger partial charge < -0.3 is 4.98 Å². The van der Waals surface area contributed by atoms with Gasteiger partial charge in [-0.3, -0.25) is 15.1 Å². The minimum absolute atomic E-state index is 0.905. The average Bonchev–Trinajstić information content (AvgIpc) is 3.50. The van der Waals surface area contributed by atoms with Gasteiger partial charge in [-0.15, -0.1) is 11.3 Å². The first-order valence-electron chi connectivity index (χ1n) is 10.1. The zero-order chi connectivity index (χ0) is 20.9. The Hall–Kier alpha value is -3.77. The van der Waals surface area contributed by atoms with E-state index in [-0.39, 0.29) is 0 Å². The van der Waals surface area contributed by atoms with Crippen LogP contribution >= 0.6 is 11.3 Å². The Morgan fingerprint density at radius 2 is 1.71 bits per heavy atom. The van der Waals surface area contributed by atoms with Crippen LogP contribution in [0.15, 0.2) is 67.3 Å². The molecule has 31 heavy (non-hydrogen) atoms. The summed E-state index contributed by atoms with van der Waals surface area (Å²) in [4.78, 5) is 14.8. The minimum atomic E-state index is 0.905. The van der Waals surface area contributed by atoms with Gasteiger partial charge in [0, 0.05) is 50.2 Å². The molecule has 0 atom stereocenters. The summed E-state index contributed by atoms with van der Waals surface area (Å²) in [6, 6.07) is 14.9. The molecule has 1 aromatic carbocycles. The first-order valence-corrected chi connectivity index (χ1v) is 10.9. The minimum Gasteiger partial charge on any atom is -0.352 e. The molecule has 0 amide bonds. The van der Waals surface area contributed by atoms with Crippen molar-refractivity contribution in [1.29, 1.82) is 0 Å². The molecule has 6 heteroatoms. The van der Waals surface area contributed by atoms with Crippen LogP contribution in [0.1, 0.15) is 10.4 Å². The van der Waals surface area contributed by atoms with Crippen LogP contribution in [-0.2, 0) is 0 Å². The van der Waals surface area contributed by atoms with Gasteiger partial charge in [0.2, 0.25) is 0 Å². The summed E-state index contributed by atoms with van der Waals surface area (Å²) in [5.74, 6) is 0. The smallest absolute Gasteiger partial charge is 0.116 e. The van der Waals surface area contributed by atoms with Gasteiger partial charge in [0.05, 0.1) is 22.9 Å². The Labute approximate surface area is 182 Å². The van der Waals surface area contributed by atoms with Crippen molar-refractivity contribution in [2.45, 2.75) is 13.8 Å². The number of fused-ring (bicyclic) bond motifs is 2. The normalized spacial score (nSPS) is 11.5. The van der Waals surface area contributed by atoms with Crippen LogP contribution in [0.2, 0.25) is 0 Å². The van der Waals surface area contributed by atoms with Gasteiger partial charge in [-0.25, -0.2) is 0 Å². The molecule has 0 unspecified atom stereocenters. The van der Waals surface area contributed by atoms with Crippen molar-refractivity contribution in [3.8, 4) is 33.0 Å². The number of aromatic nitrogens is 5. The quantitative estimate of drug-likeness (QED) is 0.342. The first-order chi connectivity index (χ1) is 15.2. The van der Waals surface area contributed by atoms with Crippen LogP contribution in [0.25, 0.3) is 54.8 Å². The molecule has 5 aromatic heterocycles. The standard InChI is InChI=1S/C25H19N5S/c1-14-7-8-26-11-19(14)16-4-5-21-18(9-16)25(30-29-21)22-10-17-20(12-27-13-23(17)28-22)24-6-3-15(2)31-24/h3-13,28H,1-2H3,(H,29,30). The molecule has 0 saturated carbocycles. The molecule has 0 spiro atoms. The van der Waals surface area contributed by atoms with Crippen molar-refractivity contribution >= 4 is 33.1 Å². The third kappa shape index (κ3) is 2.95. The van der Waals surface area contributed by atoms with Crippen molar-refractivity contribution < 1.29 is 0 Å². The van der Waals surface area contributed by atoms with E-state index >= 15 is 0 Å². The fraction of sp³-hybridized carbons (Fsp3) is 0.0800. The molecule has 2 N–H and O–H groups in total. The number of rotatable bonds is 3. The molecule has 0 fully saturated rings. The van der Waals surface area contributed by atoms with Crippen LogP contribution in [0.4, 0.5) is 0 Å². The van der Waals surface area contributed by atoms with Crippen LogP contribution in [0.3, 0.4) is 0 Å². The highest BCUT2D eigenvalue weighted by molar-refractivity contribution is 7.15. The van der Waals surface area contributed by atoms with Crippen LogP contribution in [-0.4, -0.2) is 25.1 Å². The molecule has 5 nitrogen and oxygen atoms in total. The van der Waals surface area contributed by atoms with E-state index in [1.165, 1.54) is 15.3 Å². The van der Waals surface area contributed by atoms with E-state index in [2.05, 4.69) is 75.4 Å². The Kier molecular flexibility index (Phi) is 4.01. The maximum absolute atomic E-state index is 4.63. The lowest BCUT2D eigenvalue weighted by Crippen LogP contribution is -1.85. The number of hydrogen-bond donors (Lipinski definition) is 2. The topological polar surface area (TPSA) is 70.2 Å². The second kappa shape index (κ2) is 6.89. The summed E-state index contributed by atoms with van der Waals surface area (Å²) in [7, 11) is 0. The third-order valence-corrected chi connectivity index (χ3v) is 6.75. The Morgan fingerprint density at radius 3 is 2.55 bits per heavy atom. The van der Waals surface area contributed by atoms with Crippen molar-refractivity contribution in [2.75, 3.05) is 0 Å². The summed E-state index contributed by atoms with van der Waals surface area (Å²) < 4.78 is 0. The Balaban J connectivity index is 1.52. The molecule has 0 saturated heterocycles. The fourth-order valence-electron chi connectivity index (χ4n) is 4.11. The molecule has 6 rings (SSSR count). The summed E-state index contributed by atoms with van der Waals surface area (Å²) in [5, 5.41) is 10.0. The SMILES string of the molecule is Cc1ccc(-c2cncc3[nH]c(-c4n[nH]c5ccc(-c6cnccc6C)cc45)cc23)s1. The number of aromatic amines is 2. The van der Waals surface area contributed by atoms with E-state index in [1.54, 1.807) is 11.3 Å². The Bertz CT molecular complexity index is 1570. The average molecular weight is 422 g/mol. The molecule has 5 heterocycles. The molecule has 0 aliphatic carbocycles. The number of aryl methyl sites for hydroxylation is 2. The largest absolute Gasteiger partial charge is 0.352 e. The van der Waals surface area contributed by atoms with Crippen LogP contribution in [0, 0.1) is 13.8 Å². The van der Waals surface area contributed by atoms with Gasteiger partial charge in [0.15, 0.2) is 0 Å². The lowest BCUT2D eigenvalue weighted by atomic mass is 10.0. The maximum Gasteiger partial charge on any atom is 0.116 e. The maximum atomic E-state index is 4.63. The lowest BCUT2D eigenvalue weighted by Gasteiger charge is -2.05. The zero-order valence-corrected chi connectivity index (χ0v) is 17.9. The van der Waals surface area contributed by atoms with E-state index in [1.807, 2.05) is 30.9 Å². The number of hydrogen-bond acceptors (Lipinski definition) is 4. The van der Waals surface area contributed by atoms with Crippen LogP contribution < -0.4 is 0 Å². The van der Waals surface area contributed by atoms with Crippen molar-refractivity contribution in [2.24, 2.45) is 0 Å². The molecular formula is C25H19N5S. The van der Waals surface area contributed by atoms with Gasteiger partial charge in [0.25, 0.3) is 0 Å². The fourth-order valence-corrected chi connectivity index (χ4v) is 5.00. The van der Waals surface area contributed by atoms with Gasteiger partial charge in [-0.1, -0.05) is 6.07 Å². The molecular weight excluding hydrogens is 402 g/mol. The highest BCUT2D eigenvalue weighted by Crippen LogP contribution is 2.37. The van der Waals surface area contributed by atoms with E-state index < -0.39 is 0 Å². The number of nitrogens with zero attached hydrogens (tertiary/aromatic N) is 3. The van der Waals surface area contributed by atoms with Gasteiger partial charge in [-0.05, 0) is 61.4 Å². The zero-order valence-electron chi connectivity index (χ0n) is 17.1. The summed E-state index contributed by atoms with van der Waals surface area (Å²) in [6.07, 6.45) is 7.56. The van der Waals surface area contributed by atoms with E-state index in [0.29, 0.717) is 0 Å². The highest BCUT2D eigenvalue weighted by atomic mass is 32.1. The summed E-state index contributed by atoms with van der Waals surface area (Å²) in [6.45, 7) is 4.23. The predicted octanol–water partition coefficient (Wildman–Crippen LogP) is 6.51. The number of thiophene rings is 1. The number of nitrogens with one attached hydrogen (secondary N) is 2. The monoisotopic (exact) mass is 421 g/mol. The molecule has 0 aliphatic rings. The third-order valence-electron chi connectivity index (χ3n) is 5.72. The molecule has 0 aliphatic heterocycles. The second-order valence-corrected chi connectivity index (χ2v) is 9.05. The van der Waals surface area contributed by atoms with E-state index in [9.17, 15) is 0 Å². The van der Waals surface area contributed by atoms with Gasteiger partial charge in [-0.2, -0.15) is 5.10 Å². The predicted molar refractivity (Wildman–Crippen MR) is 127 cm³/mol. The number of pyridine rings is 2.